The SMILES string of the molecule is CCC(C)(C)c1ccc(C(Br)C2CCOC2C)cc1. The molecule has 0 saturated carbocycles. The molecule has 3 atom stereocenters. The normalized spacial score (nSPS) is 25.5. The van der Waals surface area contributed by atoms with Crippen molar-refractivity contribution >= 4 is 15.9 Å². The third kappa shape index (κ3) is 3.22. The molecule has 0 aromatic heterocycles. The molecule has 106 valence electrons. The molecule has 1 saturated heterocycles. The van der Waals surface area contributed by atoms with Gasteiger partial charge in [-0.15, -0.1) is 0 Å². The van der Waals surface area contributed by atoms with Crippen molar-refractivity contribution in [3.8, 4) is 0 Å². The van der Waals surface area contributed by atoms with Gasteiger partial charge in [-0.25, -0.2) is 0 Å². The first kappa shape index (κ1) is 15.1. The maximum atomic E-state index is 5.67. The van der Waals surface area contributed by atoms with Crippen LogP contribution in [0.15, 0.2) is 24.3 Å². The number of hydrogen-bond donors (Lipinski definition) is 0. The van der Waals surface area contributed by atoms with E-state index in [0.29, 0.717) is 16.8 Å². The highest BCUT2D eigenvalue weighted by atomic mass is 79.9. The molecule has 0 N–H and O–H groups in total. The molecule has 1 fully saturated rings. The highest BCUT2D eigenvalue weighted by molar-refractivity contribution is 9.09. The molecule has 1 aromatic rings. The van der Waals surface area contributed by atoms with E-state index in [1.54, 1.807) is 0 Å². The summed E-state index contributed by atoms with van der Waals surface area (Å²) in [6.45, 7) is 9.94. The van der Waals surface area contributed by atoms with Gasteiger partial charge in [-0.2, -0.15) is 0 Å². The standard InChI is InChI=1S/C17H25BrO/c1-5-17(3,4)14-8-6-13(7-9-14)16(18)15-10-11-19-12(15)2/h6-9,12,15-16H,5,10-11H2,1-4H3. The van der Waals surface area contributed by atoms with Crippen molar-refractivity contribution in [2.45, 2.75) is 56.9 Å². The van der Waals surface area contributed by atoms with Crippen LogP contribution < -0.4 is 0 Å². The molecule has 2 heteroatoms. The molecule has 1 heterocycles. The molecule has 3 unspecified atom stereocenters. The Kier molecular flexibility index (Phi) is 4.73. The van der Waals surface area contributed by atoms with E-state index in [9.17, 15) is 0 Å². The van der Waals surface area contributed by atoms with Crippen LogP contribution in [0.3, 0.4) is 0 Å². The van der Waals surface area contributed by atoms with Gasteiger partial charge < -0.3 is 4.74 Å². The average molecular weight is 325 g/mol. The van der Waals surface area contributed by atoms with Gasteiger partial charge in [-0.3, -0.25) is 0 Å². The molecule has 0 amide bonds. The van der Waals surface area contributed by atoms with E-state index in [2.05, 4.69) is 67.9 Å². The minimum absolute atomic E-state index is 0.268. The molecule has 2 rings (SSSR count). The Morgan fingerprint density at radius 1 is 1.32 bits per heavy atom. The Morgan fingerprint density at radius 2 is 1.95 bits per heavy atom. The van der Waals surface area contributed by atoms with Crippen molar-refractivity contribution < 1.29 is 4.74 Å². The molecule has 0 spiro atoms. The molecule has 1 nitrogen and oxygen atoms in total. The third-order valence-corrected chi connectivity index (χ3v) is 5.91. The van der Waals surface area contributed by atoms with Crippen LogP contribution in [0.1, 0.15) is 56.5 Å². The molecule has 0 bridgehead atoms. The fourth-order valence-electron chi connectivity index (χ4n) is 2.70. The molecule has 0 radical (unpaired) electrons. The van der Waals surface area contributed by atoms with E-state index >= 15 is 0 Å². The second-order valence-corrected chi connectivity index (χ2v) is 7.28. The zero-order valence-electron chi connectivity index (χ0n) is 12.4. The molecule has 0 aliphatic carbocycles. The first-order valence-electron chi connectivity index (χ1n) is 7.32. The Balaban J connectivity index is 2.14. The van der Waals surface area contributed by atoms with Crippen LogP contribution in [0, 0.1) is 5.92 Å². The summed E-state index contributed by atoms with van der Waals surface area (Å²) in [6.07, 6.45) is 2.67. The van der Waals surface area contributed by atoms with E-state index in [4.69, 9.17) is 4.74 Å². The van der Waals surface area contributed by atoms with Gasteiger partial charge in [0.15, 0.2) is 0 Å². The van der Waals surface area contributed by atoms with Crippen molar-refractivity contribution in [2.24, 2.45) is 5.92 Å². The van der Waals surface area contributed by atoms with Gasteiger partial charge in [0.2, 0.25) is 0 Å². The lowest BCUT2D eigenvalue weighted by Gasteiger charge is -2.25. The van der Waals surface area contributed by atoms with Crippen molar-refractivity contribution in [1.82, 2.24) is 0 Å². The van der Waals surface area contributed by atoms with Crippen molar-refractivity contribution in [3.05, 3.63) is 35.4 Å². The summed E-state index contributed by atoms with van der Waals surface area (Å²) in [4.78, 5) is 0.406. The molecule has 19 heavy (non-hydrogen) atoms. The maximum absolute atomic E-state index is 5.67. The van der Waals surface area contributed by atoms with Crippen LogP contribution in [-0.2, 0) is 10.2 Å². The monoisotopic (exact) mass is 324 g/mol. The summed E-state index contributed by atoms with van der Waals surface area (Å²) in [5.74, 6) is 0.588. The van der Waals surface area contributed by atoms with Gasteiger partial charge in [0, 0.05) is 17.4 Å². The Bertz CT molecular complexity index is 410. The summed E-state index contributed by atoms with van der Waals surface area (Å²) in [6, 6.07) is 9.12. The van der Waals surface area contributed by atoms with Gasteiger partial charge in [0.05, 0.1) is 6.10 Å². The van der Waals surface area contributed by atoms with Crippen molar-refractivity contribution in [2.75, 3.05) is 6.61 Å². The van der Waals surface area contributed by atoms with E-state index in [1.165, 1.54) is 11.1 Å². The summed E-state index contributed by atoms with van der Waals surface area (Å²) in [7, 11) is 0. The largest absolute Gasteiger partial charge is 0.378 e. The molecular formula is C17H25BrO. The Morgan fingerprint density at radius 3 is 2.42 bits per heavy atom. The third-order valence-electron chi connectivity index (χ3n) is 4.71. The van der Waals surface area contributed by atoms with E-state index in [1.807, 2.05) is 0 Å². The Labute approximate surface area is 125 Å². The Hall–Kier alpha value is -0.340. The minimum Gasteiger partial charge on any atom is -0.378 e. The van der Waals surface area contributed by atoms with Crippen LogP contribution in [0.5, 0.6) is 0 Å². The van der Waals surface area contributed by atoms with E-state index in [0.717, 1.165) is 19.4 Å². The molecule has 1 aliphatic rings. The quantitative estimate of drug-likeness (QED) is 0.688. The summed E-state index contributed by atoms with van der Waals surface area (Å²) in [5.41, 5.74) is 3.07. The first-order valence-corrected chi connectivity index (χ1v) is 8.23. The predicted octanol–water partition coefficient (Wildman–Crippen LogP) is 5.24. The highest BCUT2D eigenvalue weighted by Gasteiger charge is 2.31. The topological polar surface area (TPSA) is 9.23 Å². The second kappa shape index (κ2) is 5.97. The van der Waals surface area contributed by atoms with Crippen LogP contribution in [0.25, 0.3) is 0 Å². The van der Waals surface area contributed by atoms with Crippen molar-refractivity contribution in [1.29, 1.82) is 0 Å². The van der Waals surface area contributed by atoms with Crippen LogP contribution >= 0.6 is 15.9 Å². The predicted molar refractivity (Wildman–Crippen MR) is 84.9 cm³/mol. The van der Waals surface area contributed by atoms with Crippen molar-refractivity contribution in [3.63, 3.8) is 0 Å². The zero-order chi connectivity index (χ0) is 14.0. The fraction of sp³-hybridized carbons (Fsp3) is 0.647. The maximum Gasteiger partial charge on any atom is 0.0589 e. The molecule has 1 aliphatic heterocycles. The van der Waals surface area contributed by atoms with Gasteiger partial charge in [-0.05, 0) is 36.3 Å². The fourth-order valence-corrected chi connectivity index (χ4v) is 3.70. The zero-order valence-corrected chi connectivity index (χ0v) is 14.0. The highest BCUT2D eigenvalue weighted by Crippen LogP contribution is 2.40. The first-order chi connectivity index (χ1) is 8.95. The smallest absolute Gasteiger partial charge is 0.0589 e. The average Bonchev–Trinajstić information content (AvgIpc) is 2.84. The summed E-state index contributed by atoms with van der Waals surface area (Å²) >= 11 is 3.87. The number of hydrogen-bond acceptors (Lipinski definition) is 1. The van der Waals surface area contributed by atoms with Crippen LogP contribution in [-0.4, -0.2) is 12.7 Å². The lowest BCUT2D eigenvalue weighted by molar-refractivity contribution is 0.105. The second-order valence-electron chi connectivity index (χ2n) is 6.29. The van der Waals surface area contributed by atoms with Gasteiger partial charge in [0.25, 0.3) is 0 Å². The number of ether oxygens (including phenoxy) is 1. The van der Waals surface area contributed by atoms with Crippen LogP contribution in [0.2, 0.25) is 0 Å². The number of rotatable bonds is 4. The number of benzene rings is 1. The van der Waals surface area contributed by atoms with E-state index in [-0.39, 0.29) is 5.41 Å². The van der Waals surface area contributed by atoms with Crippen LogP contribution in [0.4, 0.5) is 0 Å². The molecular weight excluding hydrogens is 300 g/mol. The minimum atomic E-state index is 0.268. The lowest BCUT2D eigenvalue weighted by atomic mass is 9.81. The van der Waals surface area contributed by atoms with Gasteiger partial charge >= 0.3 is 0 Å². The lowest BCUT2D eigenvalue weighted by Crippen LogP contribution is -2.17. The number of halogens is 1. The molecule has 1 aromatic carbocycles. The number of alkyl halides is 1. The summed E-state index contributed by atoms with van der Waals surface area (Å²) < 4.78 is 5.67. The van der Waals surface area contributed by atoms with Gasteiger partial charge in [0.1, 0.15) is 0 Å². The van der Waals surface area contributed by atoms with E-state index < -0.39 is 0 Å². The summed E-state index contributed by atoms with van der Waals surface area (Å²) in [5, 5.41) is 0. The van der Waals surface area contributed by atoms with Gasteiger partial charge in [-0.1, -0.05) is 61.0 Å².